The molecule has 0 N–H and O–H groups in total. The quantitative estimate of drug-likeness (QED) is 0.670. The van der Waals surface area contributed by atoms with Crippen LogP contribution in [0, 0.1) is 0 Å². The summed E-state index contributed by atoms with van der Waals surface area (Å²) >= 11 is 1.69. The predicted molar refractivity (Wildman–Crippen MR) is 89.8 cm³/mol. The molecular weight excluding hydrogens is 296 g/mol. The second-order valence-electron chi connectivity index (χ2n) is 4.91. The highest BCUT2D eigenvalue weighted by molar-refractivity contribution is 7.98. The number of hydrogen-bond acceptors (Lipinski definition) is 4. The lowest BCUT2D eigenvalue weighted by atomic mass is 10.2. The van der Waals surface area contributed by atoms with Gasteiger partial charge in [0.25, 0.3) is 0 Å². The fourth-order valence-corrected chi connectivity index (χ4v) is 3.35. The van der Waals surface area contributed by atoms with Crippen molar-refractivity contribution in [3.05, 3.63) is 48.0 Å². The van der Waals surface area contributed by atoms with Gasteiger partial charge in [0, 0.05) is 18.4 Å². The highest BCUT2D eigenvalue weighted by Gasteiger charge is 2.10. The van der Waals surface area contributed by atoms with Crippen molar-refractivity contribution in [3.8, 4) is 11.5 Å². The molecule has 0 aliphatic heterocycles. The summed E-state index contributed by atoms with van der Waals surface area (Å²) in [5.41, 5.74) is 3.26. The van der Waals surface area contributed by atoms with Crippen molar-refractivity contribution in [2.24, 2.45) is 7.05 Å². The number of imidazole rings is 1. The number of methoxy groups -OCH3 is 2. The molecule has 1 heterocycles. The number of rotatable bonds is 5. The number of thioether (sulfide) groups is 1. The van der Waals surface area contributed by atoms with Crippen LogP contribution >= 0.6 is 11.8 Å². The molecule has 0 radical (unpaired) electrons. The molecule has 0 unspecified atom stereocenters. The van der Waals surface area contributed by atoms with E-state index >= 15 is 0 Å². The molecule has 0 aliphatic carbocycles. The molecule has 0 saturated heterocycles. The summed E-state index contributed by atoms with van der Waals surface area (Å²) in [6.45, 7) is 0. The maximum atomic E-state index is 5.43. The Morgan fingerprint density at radius 3 is 2.64 bits per heavy atom. The van der Waals surface area contributed by atoms with E-state index in [0.29, 0.717) is 0 Å². The zero-order valence-corrected chi connectivity index (χ0v) is 13.7. The van der Waals surface area contributed by atoms with Gasteiger partial charge in [-0.15, -0.1) is 0 Å². The van der Waals surface area contributed by atoms with Crippen LogP contribution in [0.1, 0.15) is 5.56 Å². The van der Waals surface area contributed by atoms with Crippen molar-refractivity contribution in [3.63, 3.8) is 0 Å². The van der Waals surface area contributed by atoms with Crippen LogP contribution in [0.5, 0.6) is 11.5 Å². The topological polar surface area (TPSA) is 36.3 Å². The molecule has 4 nitrogen and oxygen atoms in total. The first-order valence-electron chi connectivity index (χ1n) is 6.98. The van der Waals surface area contributed by atoms with E-state index in [4.69, 9.17) is 9.47 Å². The third-order valence-corrected chi connectivity index (χ3v) is 4.67. The summed E-state index contributed by atoms with van der Waals surface area (Å²) < 4.78 is 12.8. The summed E-state index contributed by atoms with van der Waals surface area (Å²) in [4.78, 5) is 4.68. The van der Waals surface area contributed by atoms with E-state index in [1.165, 1.54) is 0 Å². The van der Waals surface area contributed by atoms with Gasteiger partial charge >= 0.3 is 0 Å². The Morgan fingerprint density at radius 1 is 1.09 bits per heavy atom. The van der Waals surface area contributed by atoms with Crippen molar-refractivity contribution in [2.45, 2.75) is 10.9 Å². The monoisotopic (exact) mass is 314 g/mol. The van der Waals surface area contributed by atoms with E-state index in [9.17, 15) is 0 Å². The molecule has 0 spiro atoms. The van der Waals surface area contributed by atoms with Crippen LogP contribution in [0.4, 0.5) is 0 Å². The molecule has 0 saturated carbocycles. The van der Waals surface area contributed by atoms with E-state index in [-0.39, 0.29) is 0 Å². The van der Waals surface area contributed by atoms with Gasteiger partial charge in [-0.25, -0.2) is 4.98 Å². The zero-order valence-electron chi connectivity index (χ0n) is 12.9. The Hall–Kier alpha value is -2.14. The molecule has 22 heavy (non-hydrogen) atoms. The third-order valence-electron chi connectivity index (χ3n) is 3.59. The lowest BCUT2D eigenvalue weighted by Crippen LogP contribution is -1.94. The molecule has 0 aliphatic rings. The summed E-state index contributed by atoms with van der Waals surface area (Å²) in [5, 5.41) is 0.992. The van der Waals surface area contributed by atoms with Gasteiger partial charge in [-0.1, -0.05) is 23.9 Å². The first-order valence-corrected chi connectivity index (χ1v) is 7.96. The minimum absolute atomic E-state index is 0.775. The first-order chi connectivity index (χ1) is 10.7. The van der Waals surface area contributed by atoms with Gasteiger partial charge < -0.3 is 14.0 Å². The SMILES string of the molecule is COc1ccc(OC)c(CSc2nc3ccccc3n2C)c1. The van der Waals surface area contributed by atoms with Crippen LogP contribution in [-0.2, 0) is 12.8 Å². The molecule has 2 aromatic carbocycles. The third kappa shape index (κ3) is 2.76. The Bertz CT molecular complexity index is 798. The Kier molecular flexibility index (Phi) is 4.24. The fraction of sp³-hybridized carbons (Fsp3) is 0.235. The van der Waals surface area contributed by atoms with Gasteiger partial charge in [-0.05, 0) is 30.3 Å². The van der Waals surface area contributed by atoms with Crippen LogP contribution < -0.4 is 9.47 Å². The van der Waals surface area contributed by atoms with Crippen molar-refractivity contribution in [1.29, 1.82) is 0 Å². The second-order valence-corrected chi connectivity index (χ2v) is 5.85. The zero-order chi connectivity index (χ0) is 15.5. The molecule has 5 heteroatoms. The van der Waals surface area contributed by atoms with E-state index in [1.54, 1.807) is 26.0 Å². The van der Waals surface area contributed by atoms with E-state index in [0.717, 1.165) is 39.0 Å². The molecule has 0 amide bonds. The Balaban J connectivity index is 1.86. The Morgan fingerprint density at radius 2 is 1.91 bits per heavy atom. The highest BCUT2D eigenvalue weighted by atomic mass is 32.2. The molecule has 1 aromatic heterocycles. The minimum atomic E-state index is 0.775. The summed E-state index contributed by atoms with van der Waals surface area (Å²) in [5.74, 6) is 2.48. The standard InChI is InChI=1S/C17H18N2O2S/c1-19-15-7-5-4-6-14(15)18-17(19)22-11-12-10-13(20-2)8-9-16(12)21-3/h4-10H,11H2,1-3H3. The van der Waals surface area contributed by atoms with Crippen LogP contribution in [0.2, 0.25) is 0 Å². The summed E-state index contributed by atoms with van der Waals surface area (Å²) in [7, 11) is 5.40. The smallest absolute Gasteiger partial charge is 0.169 e. The lowest BCUT2D eigenvalue weighted by molar-refractivity contribution is 0.400. The fourth-order valence-electron chi connectivity index (χ4n) is 2.39. The summed E-state index contributed by atoms with van der Waals surface area (Å²) in [6, 6.07) is 14.0. The summed E-state index contributed by atoms with van der Waals surface area (Å²) in [6.07, 6.45) is 0. The average molecular weight is 314 g/mol. The lowest BCUT2D eigenvalue weighted by Gasteiger charge is -2.10. The number of hydrogen-bond donors (Lipinski definition) is 0. The molecular formula is C17H18N2O2S. The number of para-hydroxylation sites is 2. The van der Waals surface area contributed by atoms with E-state index in [2.05, 4.69) is 15.6 Å². The minimum Gasteiger partial charge on any atom is -0.497 e. The highest BCUT2D eigenvalue weighted by Crippen LogP contribution is 2.31. The van der Waals surface area contributed by atoms with Crippen molar-refractivity contribution < 1.29 is 9.47 Å². The molecule has 0 atom stereocenters. The number of fused-ring (bicyclic) bond motifs is 1. The average Bonchev–Trinajstić information content (AvgIpc) is 2.89. The second kappa shape index (κ2) is 6.32. The molecule has 3 rings (SSSR count). The molecule has 114 valence electrons. The van der Waals surface area contributed by atoms with Crippen molar-refractivity contribution in [1.82, 2.24) is 9.55 Å². The van der Waals surface area contributed by atoms with Crippen LogP contribution in [0.15, 0.2) is 47.6 Å². The normalized spacial score (nSPS) is 10.9. The van der Waals surface area contributed by atoms with Crippen LogP contribution in [0.25, 0.3) is 11.0 Å². The van der Waals surface area contributed by atoms with Gasteiger partial charge in [0.15, 0.2) is 5.16 Å². The van der Waals surface area contributed by atoms with Crippen LogP contribution in [-0.4, -0.2) is 23.8 Å². The maximum Gasteiger partial charge on any atom is 0.169 e. The first kappa shape index (κ1) is 14.8. The van der Waals surface area contributed by atoms with Crippen molar-refractivity contribution in [2.75, 3.05) is 14.2 Å². The largest absolute Gasteiger partial charge is 0.497 e. The Labute approximate surface area is 134 Å². The van der Waals surface area contributed by atoms with Crippen molar-refractivity contribution >= 4 is 22.8 Å². The number of aryl methyl sites for hydroxylation is 1. The van der Waals surface area contributed by atoms with E-state index < -0.39 is 0 Å². The van der Waals surface area contributed by atoms with Gasteiger partial charge in [-0.2, -0.15) is 0 Å². The molecule has 0 fully saturated rings. The maximum absolute atomic E-state index is 5.43. The number of ether oxygens (including phenoxy) is 2. The number of benzene rings is 2. The van der Waals surface area contributed by atoms with Gasteiger partial charge in [0.05, 0.1) is 25.3 Å². The number of aromatic nitrogens is 2. The van der Waals surface area contributed by atoms with E-state index in [1.807, 2.05) is 43.4 Å². The van der Waals surface area contributed by atoms with Gasteiger partial charge in [0.2, 0.25) is 0 Å². The predicted octanol–water partition coefficient (Wildman–Crippen LogP) is 3.88. The van der Waals surface area contributed by atoms with Gasteiger partial charge in [0.1, 0.15) is 11.5 Å². The molecule has 3 aromatic rings. The number of nitrogens with zero attached hydrogens (tertiary/aromatic N) is 2. The van der Waals surface area contributed by atoms with Gasteiger partial charge in [-0.3, -0.25) is 0 Å². The van der Waals surface area contributed by atoms with Crippen LogP contribution in [0.3, 0.4) is 0 Å². The molecule has 0 bridgehead atoms.